The molecule has 0 amide bonds. The van der Waals surface area contributed by atoms with Crippen molar-refractivity contribution in [3.8, 4) is 0 Å². The van der Waals surface area contributed by atoms with Crippen molar-refractivity contribution in [2.75, 3.05) is 0 Å². The van der Waals surface area contributed by atoms with E-state index in [-0.39, 0.29) is 0 Å². The lowest BCUT2D eigenvalue weighted by atomic mass is 9.97. The molecule has 1 saturated carbocycles. The second-order valence-electron chi connectivity index (χ2n) is 7.10. The van der Waals surface area contributed by atoms with Gasteiger partial charge in [0, 0.05) is 12.1 Å². The van der Waals surface area contributed by atoms with Gasteiger partial charge in [0.15, 0.2) is 0 Å². The second kappa shape index (κ2) is 5.66. The van der Waals surface area contributed by atoms with Gasteiger partial charge in [0.05, 0.1) is 0 Å². The molecule has 0 aliphatic heterocycles. The van der Waals surface area contributed by atoms with Crippen LogP contribution in [0.4, 0.5) is 0 Å². The summed E-state index contributed by atoms with van der Waals surface area (Å²) >= 11 is 0. The van der Waals surface area contributed by atoms with E-state index in [2.05, 4.69) is 64.2 Å². The first-order valence-corrected chi connectivity index (χ1v) is 7.75. The van der Waals surface area contributed by atoms with E-state index in [1.165, 1.54) is 30.4 Å². The number of hydrogen-bond donors (Lipinski definition) is 1. The minimum absolute atomic E-state index is 0.445. The topological polar surface area (TPSA) is 12.0 Å². The molecule has 106 valence electrons. The summed E-state index contributed by atoms with van der Waals surface area (Å²) in [6.07, 6.45) is 3.93. The van der Waals surface area contributed by atoms with Gasteiger partial charge in [-0.25, -0.2) is 0 Å². The SMILES string of the molecule is CC(C)Cc1ccc(C(C)NC(C)C2(C)CC2)cc1. The van der Waals surface area contributed by atoms with Crippen LogP contribution in [-0.2, 0) is 6.42 Å². The molecule has 2 atom stereocenters. The smallest absolute Gasteiger partial charge is 0.0294 e. The second-order valence-corrected chi connectivity index (χ2v) is 7.10. The molecule has 0 saturated heterocycles. The molecule has 2 unspecified atom stereocenters. The summed E-state index contributed by atoms with van der Waals surface area (Å²) in [7, 11) is 0. The van der Waals surface area contributed by atoms with Crippen LogP contribution in [0.25, 0.3) is 0 Å². The first kappa shape index (κ1) is 14.6. The zero-order valence-electron chi connectivity index (χ0n) is 13.2. The monoisotopic (exact) mass is 259 g/mol. The van der Waals surface area contributed by atoms with Gasteiger partial charge < -0.3 is 5.32 Å². The van der Waals surface area contributed by atoms with Gasteiger partial charge in [-0.05, 0) is 55.6 Å². The van der Waals surface area contributed by atoms with Crippen molar-refractivity contribution in [3.63, 3.8) is 0 Å². The third-order valence-electron chi connectivity index (χ3n) is 4.71. The first-order valence-electron chi connectivity index (χ1n) is 7.75. The normalized spacial score (nSPS) is 20.3. The minimum atomic E-state index is 0.445. The Hall–Kier alpha value is -0.820. The summed E-state index contributed by atoms with van der Waals surface area (Å²) in [4.78, 5) is 0. The maximum absolute atomic E-state index is 3.76. The maximum atomic E-state index is 3.76. The van der Waals surface area contributed by atoms with Crippen LogP contribution in [0.5, 0.6) is 0 Å². The molecule has 1 aromatic rings. The fourth-order valence-electron chi connectivity index (χ4n) is 2.72. The molecule has 1 aliphatic rings. The maximum Gasteiger partial charge on any atom is 0.0294 e. The fraction of sp³-hybridized carbons (Fsp3) is 0.667. The Balaban J connectivity index is 1.93. The largest absolute Gasteiger partial charge is 0.307 e. The number of benzene rings is 1. The predicted molar refractivity (Wildman–Crippen MR) is 83.3 cm³/mol. The molecule has 1 aromatic carbocycles. The van der Waals surface area contributed by atoms with Crippen molar-refractivity contribution >= 4 is 0 Å². The third-order valence-corrected chi connectivity index (χ3v) is 4.71. The Labute approximate surface area is 118 Å². The lowest BCUT2D eigenvalue weighted by Gasteiger charge is -2.25. The van der Waals surface area contributed by atoms with Crippen molar-refractivity contribution in [3.05, 3.63) is 35.4 Å². The van der Waals surface area contributed by atoms with Crippen LogP contribution in [0.3, 0.4) is 0 Å². The highest BCUT2D eigenvalue weighted by atomic mass is 15.0. The van der Waals surface area contributed by atoms with E-state index in [1.807, 2.05) is 0 Å². The van der Waals surface area contributed by atoms with E-state index in [4.69, 9.17) is 0 Å². The molecule has 2 rings (SSSR count). The first-order chi connectivity index (χ1) is 8.90. The number of hydrogen-bond acceptors (Lipinski definition) is 1. The van der Waals surface area contributed by atoms with Crippen molar-refractivity contribution in [2.45, 2.75) is 66.0 Å². The van der Waals surface area contributed by atoms with Gasteiger partial charge in [0.1, 0.15) is 0 Å². The Morgan fingerprint density at radius 3 is 2.11 bits per heavy atom. The number of rotatable bonds is 6. The molecule has 1 nitrogen and oxygen atoms in total. The third kappa shape index (κ3) is 3.82. The quantitative estimate of drug-likeness (QED) is 0.779. The molecule has 19 heavy (non-hydrogen) atoms. The summed E-state index contributed by atoms with van der Waals surface area (Å²) in [5, 5.41) is 3.76. The zero-order chi connectivity index (χ0) is 14.0. The van der Waals surface area contributed by atoms with E-state index in [0.29, 0.717) is 17.5 Å². The van der Waals surface area contributed by atoms with Gasteiger partial charge in [-0.15, -0.1) is 0 Å². The summed E-state index contributed by atoms with van der Waals surface area (Å²) < 4.78 is 0. The highest BCUT2D eigenvalue weighted by Crippen LogP contribution is 2.48. The minimum Gasteiger partial charge on any atom is -0.307 e. The fourth-order valence-corrected chi connectivity index (χ4v) is 2.72. The Morgan fingerprint density at radius 2 is 1.63 bits per heavy atom. The molecular weight excluding hydrogens is 230 g/mol. The van der Waals surface area contributed by atoms with Crippen molar-refractivity contribution in [1.29, 1.82) is 0 Å². The van der Waals surface area contributed by atoms with Gasteiger partial charge in [0.25, 0.3) is 0 Å². The van der Waals surface area contributed by atoms with Crippen LogP contribution in [0.15, 0.2) is 24.3 Å². The highest BCUT2D eigenvalue weighted by Gasteiger charge is 2.42. The van der Waals surface area contributed by atoms with Crippen LogP contribution >= 0.6 is 0 Å². The molecule has 1 fully saturated rings. The average molecular weight is 259 g/mol. The molecule has 0 aromatic heterocycles. The molecule has 0 bridgehead atoms. The van der Waals surface area contributed by atoms with Gasteiger partial charge in [-0.2, -0.15) is 0 Å². The standard InChI is InChI=1S/C18H29N/c1-13(2)12-16-6-8-17(9-7-16)14(3)19-15(4)18(5)10-11-18/h6-9,13-15,19H,10-12H2,1-5H3. The van der Waals surface area contributed by atoms with Crippen LogP contribution in [-0.4, -0.2) is 6.04 Å². The molecule has 1 heteroatoms. The van der Waals surface area contributed by atoms with Gasteiger partial charge in [-0.3, -0.25) is 0 Å². The molecule has 0 spiro atoms. The van der Waals surface area contributed by atoms with Gasteiger partial charge in [0.2, 0.25) is 0 Å². The predicted octanol–water partition coefficient (Wildman–Crippen LogP) is 4.72. The highest BCUT2D eigenvalue weighted by molar-refractivity contribution is 5.25. The molecule has 0 radical (unpaired) electrons. The van der Waals surface area contributed by atoms with E-state index in [1.54, 1.807) is 0 Å². The van der Waals surface area contributed by atoms with Crippen molar-refractivity contribution < 1.29 is 0 Å². The summed E-state index contributed by atoms with van der Waals surface area (Å²) in [6, 6.07) is 10.2. The lowest BCUT2D eigenvalue weighted by Crippen LogP contribution is -2.35. The van der Waals surface area contributed by atoms with Crippen LogP contribution in [0.1, 0.15) is 64.6 Å². The Kier molecular flexibility index (Phi) is 4.35. The van der Waals surface area contributed by atoms with Crippen LogP contribution < -0.4 is 5.32 Å². The van der Waals surface area contributed by atoms with Crippen LogP contribution in [0, 0.1) is 11.3 Å². The lowest BCUT2D eigenvalue weighted by molar-refractivity contribution is 0.350. The average Bonchev–Trinajstić information content (AvgIpc) is 3.09. The molecule has 1 N–H and O–H groups in total. The van der Waals surface area contributed by atoms with E-state index < -0.39 is 0 Å². The van der Waals surface area contributed by atoms with Crippen molar-refractivity contribution in [1.82, 2.24) is 5.32 Å². The van der Waals surface area contributed by atoms with Crippen LogP contribution in [0.2, 0.25) is 0 Å². The molecular formula is C18H29N. The van der Waals surface area contributed by atoms with E-state index in [9.17, 15) is 0 Å². The summed E-state index contributed by atoms with van der Waals surface area (Å²) in [5.41, 5.74) is 3.41. The summed E-state index contributed by atoms with van der Waals surface area (Å²) in [6.45, 7) is 11.5. The molecule has 0 heterocycles. The van der Waals surface area contributed by atoms with Gasteiger partial charge >= 0.3 is 0 Å². The van der Waals surface area contributed by atoms with E-state index in [0.717, 1.165) is 5.92 Å². The molecule has 1 aliphatic carbocycles. The zero-order valence-corrected chi connectivity index (χ0v) is 13.2. The van der Waals surface area contributed by atoms with Gasteiger partial charge in [-0.1, -0.05) is 45.0 Å². The van der Waals surface area contributed by atoms with Crippen molar-refractivity contribution in [2.24, 2.45) is 11.3 Å². The van der Waals surface area contributed by atoms with E-state index >= 15 is 0 Å². The number of nitrogens with one attached hydrogen (secondary N) is 1. The summed E-state index contributed by atoms with van der Waals surface area (Å²) in [5.74, 6) is 0.733. The Bertz CT molecular complexity index is 400. The Morgan fingerprint density at radius 1 is 1.05 bits per heavy atom.